The van der Waals surface area contributed by atoms with Gasteiger partial charge in [0.15, 0.2) is 5.13 Å². The first-order chi connectivity index (χ1) is 15.5. The molecule has 7 nitrogen and oxygen atoms in total. The molecule has 0 saturated heterocycles. The largest absolute Gasteiger partial charge is 0.493 e. The molecule has 1 aromatic heterocycles. The summed E-state index contributed by atoms with van der Waals surface area (Å²) in [5, 5.41) is 8.67. The van der Waals surface area contributed by atoms with Crippen molar-refractivity contribution in [3.05, 3.63) is 58.4 Å². The van der Waals surface area contributed by atoms with Crippen LogP contribution >= 0.6 is 22.9 Å². The fourth-order valence-corrected chi connectivity index (χ4v) is 4.34. The van der Waals surface area contributed by atoms with Gasteiger partial charge in [0.1, 0.15) is 11.5 Å². The Bertz CT molecular complexity index is 1130. The number of benzene rings is 2. The summed E-state index contributed by atoms with van der Waals surface area (Å²) >= 11 is 7.39. The Morgan fingerprint density at radius 3 is 2.94 bits per heavy atom. The van der Waals surface area contributed by atoms with Crippen LogP contribution in [-0.4, -0.2) is 30.0 Å². The zero-order valence-electron chi connectivity index (χ0n) is 17.4. The van der Waals surface area contributed by atoms with Crippen molar-refractivity contribution in [1.82, 2.24) is 10.3 Å². The second-order valence-corrected chi connectivity index (χ2v) is 8.52. The standard InChI is InChI=1S/C23H22ClN3O4S/c1-14(28)25-18-8-10-30-20-7-6-15(12-16(18)20)19-13-32-23(26-19)27-22(29)9-11-31-21-5-3-2-4-17(21)24/h2-7,12-13,18H,8-11H2,1H3,(H,25,28)(H,26,27,29). The predicted molar refractivity (Wildman–Crippen MR) is 124 cm³/mol. The molecule has 0 bridgehead atoms. The van der Waals surface area contributed by atoms with Crippen LogP contribution in [0.15, 0.2) is 47.8 Å². The molecule has 3 aromatic rings. The number of nitrogens with one attached hydrogen (secondary N) is 2. The lowest BCUT2D eigenvalue weighted by molar-refractivity contribution is -0.120. The molecule has 0 saturated carbocycles. The summed E-state index contributed by atoms with van der Waals surface area (Å²) < 4.78 is 11.3. The lowest BCUT2D eigenvalue weighted by Gasteiger charge is -2.26. The lowest BCUT2D eigenvalue weighted by Crippen LogP contribution is -2.30. The topological polar surface area (TPSA) is 89.6 Å². The van der Waals surface area contributed by atoms with Gasteiger partial charge >= 0.3 is 0 Å². The Morgan fingerprint density at radius 1 is 1.28 bits per heavy atom. The fraction of sp³-hybridized carbons (Fsp3) is 0.261. The average Bonchev–Trinajstić information content (AvgIpc) is 3.23. The SMILES string of the molecule is CC(=O)NC1CCOc2ccc(-c3csc(NC(=O)CCOc4ccccc4Cl)n3)cc21. The first-order valence-electron chi connectivity index (χ1n) is 10.2. The molecule has 2 aromatic carbocycles. The molecule has 1 aliphatic rings. The molecular weight excluding hydrogens is 450 g/mol. The van der Waals surface area contributed by atoms with Gasteiger partial charge in [0.05, 0.1) is 36.4 Å². The Balaban J connectivity index is 1.38. The van der Waals surface area contributed by atoms with Crippen LogP contribution in [-0.2, 0) is 9.59 Å². The number of hydrogen-bond acceptors (Lipinski definition) is 6. The molecule has 0 fully saturated rings. The smallest absolute Gasteiger partial charge is 0.229 e. The van der Waals surface area contributed by atoms with Crippen LogP contribution in [0.1, 0.15) is 31.4 Å². The van der Waals surface area contributed by atoms with E-state index in [9.17, 15) is 9.59 Å². The first kappa shape index (κ1) is 22.1. The molecule has 9 heteroatoms. The van der Waals surface area contributed by atoms with Gasteiger partial charge in [-0.25, -0.2) is 4.98 Å². The van der Waals surface area contributed by atoms with E-state index in [1.165, 1.54) is 18.3 Å². The second-order valence-electron chi connectivity index (χ2n) is 7.26. The number of amides is 2. The van der Waals surface area contributed by atoms with Crippen LogP contribution in [0.3, 0.4) is 0 Å². The molecule has 2 N–H and O–H groups in total. The molecule has 0 aliphatic carbocycles. The van der Waals surface area contributed by atoms with Gasteiger partial charge in [0.25, 0.3) is 0 Å². The maximum absolute atomic E-state index is 12.3. The molecule has 2 amide bonds. The predicted octanol–water partition coefficient (Wildman–Crippen LogP) is 4.83. The van der Waals surface area contributed by atoms with E-state index in [1.54, 1.807) is 12.1 Å². The Hall–Kier alpha value is -3.10. The van der Waals surface area contributed by atoms with Crippen molar-refractivity contribution in [3.63, 3.8) is 0 Å². The van der Waals surface area contributed by atoms with Gasteiger partial charge in [0, 0.05) is 29.9 Å². The molecule has 0 radical (unpaired) electrons. The minimum atomic E-state index is -0.192. The number of halogens is 1. The van der Waals surface area contributed by atoms with Crippen molar-refractivity contribution in [3.8, 4) is 22.8 Å². The highest BCUT2D eigenvalue weighted by atomic mass is 35.5. The number of ether oxygens (including phenoxy) is 2. The lowest BCUT2D eigenvalue weighted by atomic mass is 9.97. The highest BCUT2D eigenvalue weighted by molar-refractivity contribution is 7.14. The molecule has 166 valence electrons. The quantitative estimate of drug-likeness (QED) is 0.515. The third-order valence-electron chi connectivity index (χ3n) is 4.90. The van der Waals surface area contributed by atoms with Gasteiger partial charge in [-0.3, -0.25) is 9.59 Å². The van der Waals surface area contributed by atoms with Crippen LogP contribution in [0.4, 0.5) is 5.13 Å². The van der Waals surface area contributed by atoms with Gasteiger partial charge in [-0.1, -0.05) is 23.7 Å². The summed E-state index contributed by atoms with van der Waals surface area (Å²) in [6.45, 7) is 2.28. The van der Waals surface area contributed by atoms with E-state index in [-0.39, 0.29) is 30.9 Å². The van der Waals surface area contributed by atoms with Crippen molar-refractivity contribution >= 4 is 39.9 Å². The number of para-hydroxylation sites is 1. The molecule has 2 heterocycles. The van der Waals surface area contributed by atoms with Crippen molar-refractivity contribution < 1.29 is 19.1 Å². The molecule has 32 heavy (non-hydrogen) atoms. The Labute approximate surface area is 194 Å². The van der Waals surface area contributed by atoms with E-state index < -0.39 is 0 Å². The number of carbonyl (C=O) groups is 2. The summed E-state index contributed by atoms with van der Waals surface area (Å²) in [7, 11) is 0. The molecule has 0 spiro atoms. The average molecular weight is 472 g/mol. The first-order valence-corrected chi connectivity index (χ1v) is 11.4. The zero-order chi connectivity index (χ0) is 22.5. The number of aromatic nitrogens is 1. The molecule has 4 rings (SSSR count). The highest BCUT2D eigenvalue weighted by Gasteiger charge is 2.23. The van der Waals surface area contributed by atoms with Gasteiger partial charge in [-0.2, -0.15) is 0 Å². The number of thiazole rings is 1. The van der Waals surface area contributed by atoms with E-state index in [4.69, 9.17) is 21.1 Å². The van der Waals surface area contributed by atoms with Crippen LogP contribution < -0.4 is 20.1 Å². The van der Waals surface area contributed by atoms with E-state index in [0.29, 0.717) is 28.9 Å². The monoisotopic (exact) mass is 471 g/mol. The minimum absolute atomic E-state index is 0.0783. The van der Waals surface area contributed by atoms with Gasteiger partial charge in [-0.05, 0) is 30.3 Å². The van der Waals surface area contributed by atoms with Crippen LogP contribution in [0, 0.1) is 0 Å². The Morgan fingerprint density at radius 2 is 2.12 bits per heavy atom. The Kier molecular flexibility index (Phi) is 6.92. The van der Waals surface area contributed by atoms with Crippen molar-refractivity contribution in [2.75, 3.05) is 18.5 Å². The molecule has 1 unspecified atom stereocenters. The summed E-state index contributed by atoms with van der Waals surface area (Å²) in [6.07, 6.45) is 0.888. The summed E-state index contributed by atoms with van der Waals surface area (Å²) in [6, 6.07) is 12.8. The van der Waals surface area contributed by atoms with Crippen LogP contribution in [0.2, 0.25) is 5.02 Å². The number of fused-ring (bicyclic) bond motifs is 1. The third-order valence-corrected chi connectivity index (χ3v) is 5.97. The molecule has 1 atom stereocenters. The molecule has 1 aliphatic heterocycles. The zero-order valence-corrected chi connectivity index (χ0v) is 19.0. The number of rotatable bonds is 7. The van der Waals surface area contributed by atoms with E-state index in [0.717, 1.165) is 22.6 Å². The number of anilines is 1. The van der Waals surface area contributed by atoms with Gasteiger partial charge < -0.3 is 20.1 Å². The number of nitrogens with zero attached hydrogens (tertiary/aromatic N) is 1. The fourth-order valence-electron chi connectivity index (χ4n) is 3.41. The minimum Gasteiger partial charge on any atom is -0.493 e. The summed E-state index contributed by atoms with van der Waals surface area (Å²) in [4.78, 5) is 28.3. The number of hydrogen-bond donors (Lipinski definition) is 2. The summed E-state index contributed by atoms with van der Waals surface area (Å²) in [5.74, 6) is 1.04. The van der Waals surface area contributed by atoms with Gasteiger partial charge in [0.2, 0.25) is 11.8 Å². The van der Waals surface area contributed by atoms with E-state index in [1.807, 2.05) is 35.7 Å². The van der Waals surface area contributed by atoms with Gasteiger partial charge in [-0.15, -0.1) is 11.3 Å². The van der Waals surface area contributed by atoms with Crippen molar-refractivity contribution in [2.24, 2.45) is 0 Å². The third kappa shape index (κ3) is 5.38. The van der Waals surface area contributed by atoms with Crippen LogP contribution in [0.5, 0.6) is 11.5 Å². The second kappa shape index (κ2) is 10.0. The van der Waals surface area contributed by atoms with Crippen molar-refractivity contribution in [1.29, 1.82) is 0 Å². The van der Waals surface area contributed by atoms with E-state index >= 15 is 0 Å². The number of carbonyl (C=O) groups excluding carboxylic acids is 2. The van der Waals surface area contributed by atoms with Crippen LogP contribution in [0.25, 0.3) is 11.3 Å². The normalized spacial score (nSPS) is 14.8. The summed E-state index contributed by atoms with van der Waals surface area (Å²) in [5.41, 5.74) is 2.57. The maximum atomic E-state index is 12.3. The highest BCUT2D eigenvalue weighted by Crippen LogP contribution is 2.36. The molecular formula is C23H22ClN3O4S. The maximum Gasteiger partial charge on any atom is 0.229 e. The van der Waals surface area contributed by atoms with E-state index in [2.05, 4.69) is 15.6 Å². The van der Waals surface area contributed by atoms with Crippen molar-refractivity contribution in [2.45, 2.75) is 25.8 Å².